The van der Waals surface area contributed by atoms with Crippen molar-refractivity contribution in [2.45, 2.75) is 119 Å². The molecule has 8 atom stereocenters. The molecular formula is C37H52N2O4. The molecule has 0 unspecified atom stereocenters. The summed E-state index contributed by atoms with van der Waals surface area (Å²) < 4.78 is 5.92. The zero-order valence-corrected chi connectivity index (χ0v) is 27.6. The monoisotopic (exact) mass is 588 g/mol. The molecule has 234 valence electrons. The quantitative estimate of drug-likeness (QED) is 0.361. The predicted molar refractivity (Wildman–Crippen MR) is 168 cm³/mol. The Morgan fingerprint density at radius 1 is 0.907 bits per heavy atom. The lowest BCUT2D eigenvalue weighted by Gasteiger charge is -2.72. The van der Waals surface area contributed by atoms with E-state index in [0.29, 0.717) is 18.3 Å². The number of Topliss-reactive ketones (excluding diaryl/α,β-unsaturated/α-hetero) is 1. The van der Waals surface area contributed by atoms with Crippen LogP contribution in [0.5, 0.6) is 0 Å². The van der Waals surface area contributed by atoms with Gasteiger partial charge in [0, 0.05) is 36.8 Å². The molecule has 43 heavy (non-hydrogen) atoms. The molecule has 0 saturated heterocycles. The van der Waals surface area contributed by atoms with Gasteiger partial charge in [-0.2, -0.15) is 0 Å². The average molecular weight is 589 g/mol. The molecule has 1 aromatic rings. The number of ether oxygens (including phenoxy) is 1. The number of hydrogen-bond donors (Lipinski definition) is 1. The first-order chi connectivity index (χ1) is 20.1. The summed E-state index contributed by atoms with van der Waals surface area (Å²) in [4.78, 5) is 44.2. The van der Waals surface area contributed by atoms with Crippen molar-refractivity contribution >= 4 is 23.3 Å². The van der Waals surface area contributed by atoms with Crippen molar-refractivity contribution in [3.63, 3.8) is 0 Å². The van der Waals surface area contributed by atoms with Crippen molar-refractivity contribution in [3.8, 4) is 0 Å². The van der Waals surface area contributed by atoms with E-state index in [1.807, 2.05) is 12.1 Å². The number of esters is 1. The molecule has 0 spiro atoms. The van der Waals surface area contributed by atoms with E-state index in [-0.39, 0.29) is 57.3 Å². The molecule has 6 heteroatoms. The molecule has 0 bridgehead atoms. The molecule has 0 aliphatic heterocycles. The number of amides is 1. The van der Waals surface area contributed by atoms with Crippen LogP contribution in [0.2, 0.25) is 0 Å². The molecule has 6 nitrogen and oxygen atoms in total. The first kappa shape index (κ1) is 30.5. The van der Waals surface area contributed by atoms with E-state index < -0.39 is 5.41 Å². The highest BCUT2D eigenvalue weighted by Gasteiger charge is 2.71. The number of fused-ring (bicyclic) bond motifs is 7. The Kier molecular flexibility index (Phi) is 7.10. The van der Waals surface area contributed by atoms with Crippen LogP contribution >= 0.6 is 0 Å². The average Bonchev–Trinajstić information content (AvgIpc) is 3.24. The van der Waals surface area contributed by atoms with Crippen LogP contribution in [0.3, 0.4) is 0 Å². The summed E-state index contributed by atoms with van der Waals surface area (Å²) in [7, 11) is 0. The van der Waals surface area contributed by atoms with Crippen molar-refractivity contribution in [1.29, 1.82) is 0 Å². The van der Waals surface area contributed by atoms with Gasteiger partial charge in [0.15, 0.2) is 5.78 Å². The third-order valence-corrected chi connectivity index (χ3v) is 14.1. The maximum atomic E-state index is 14.3. The van der Waals surface area contributed by atoms with E-state index in [1.54, 1.807) is 12.4 Å². The molecule has 5 aliphatic carbocycles. The molecule has 6 rings (SSSR count). The first-order valence-corrected chi connectivity index (χ1v) is 16.8. The number of carbonyl (C=O) groups excluding carboxylic acids is 3. The van der Waals surface area contributed by atoms with Crippen molar-refractivity contribution in [2.24, 2.45) is 50.7 Å². The van der Waals surface area contributed by atoms with Gasteiger partial charge in [0.05, 0.1) is 5.41 Å². The fourth-order valence-corrected chi connectivity index (χ4v) is 12.0. The minimum absolute atomic E-state index is 0.00130. The van der Waals surface area contributed by atoms with Crippen molar-refractivity contribution in [3.05, 3.63) is 35.7 Å². The second-order valence-electron chi connectivity index (χ2n) is 16.4. The highest BCUT2D eigenvalue weighted by molar-refractivity contribution is 6.09. The maximum Gasteiger partial charge on any atom is 0.302 e. The number of aromatic nitrogens is 1. The summed E-state index contributed by atoms with van der Waals surface area (Å²) in [6.45, 7) is 18.1. The van der Waals surface area contributed by atoms with Gasteiger partial charge in [0.25, 0.3) is 0 Å². The lowest BCUT2D eigenvalue weighted by molar-refractivity contribution is -0.232. The third kappa shape index (κ3) is 4.16. The van der Waals surface area contributed by atoms with Crippen molar-refractivity contribution < 1.29 is 19.1 Å². The Hall–Kier alpha value is -2.50. The Morgan fingerprint density at radius 3 is 2.26 bits per heavy atom. The van der Waals surface area contributed by atoms with E-state index in [0.717, 1.165) is 62.6 Å². The van der Waals surface area contributed by atoms with Gasteiger partial charge in [-0.05, 0) is 115 Å². The third-order valence-electron chi connectivity index (χ3n) is 14.1. The summed E-state index contributed by atoms with van der Waals surface area (Å²) in [6, 6.07) is 3.65. The molecule has 0 radical (unpaired) electrons. The number of pyridine rings is 1. The van der Waals surface area contributed by atoms with Gasteiger partial charge < -0.3 is 10.1 Å². The van der Waals surface area contributed by atoms with Crippen LogP contribution in [0.4, 0.5) is 5.69 Å². The summed E-state index contributed by atoms with van der Waals surface area (Å²) in [6.07, 6.45) is 11.7. The predicted octanol–water partition coefficient (Wildman–Crippen LogP) is 7.93. The van der Waals surface area contributed by atoms with Gasteiger partial charge in [-0.3, -0.25) is 19.4 Å². The van der Waals surface area contributed by atoms with Gasteiger partial charge in [-0.1, -0.05) is 48.5 Å². The summed E-state index contributed by atoms with van der Waals surface area (Å²) >= 11 is 0. The summed E-state index contributed by atoms with van der Waals surface area (Å²) in [5, 5.41) is 3.20. The number of hydrogen-bond acceptors (Lipinski definition) is 5. The second-order valence-corrected chi connectivity index (χ2v) is 16.4. The van der Waals surface area contributed by atoms with Gasteiger partial charge in [0.1, 0.15) is 6.10 Å². The topological polar surface area (TPSA) is 85.4 Å². The number of carbonyl (C=O) groups is 3. The van der Waals surface area contributed by atoms with Gasteiger partial charge in [0.2, 0.25) is 5.91 Å². The Labute approximate surface area is 258 Å². The lowest BCUT2D eigenvalue weighted by Crippen LogP contribution is -2.66. The van der Waals surface area contributed by atoms with Crippen LogP contribution < -0.4 is 5.32 Å². The van der Waals surface area contributed by atoms with Crippen LogP contribution in [0.15, 0.2) is 35.7 Å². The molecule has 4 fully saturated rings. The van der Waals surface area contributed by atoms with E-state index >= 15 is 0 Å². The van der Waals surface area contributed by atoms with Crippen molar-refractivity contribution in [2.75, 3.05) is 5.32 Å². The molecule has 1 N–H and O–H groups in total. The lowest BCUT2D eigenvalue weighted by atomic mass is 9.33. The molecule has 5 aliphatic rings. The van der Waals surface area contributed by atoms with Crippen LogP contribution in [0, 0.1) is 50.7 Å². The molecule has 0 aromatic carbocycles. The first-order valence-electron chi connectivity index (χ1n) is 16.8. The number of ketones is 1. The zero-order valence-electron chi connectivity index (χ0n) is 27.6. The maximum absolute atomic E-state index is 14.3. The fourth-order valence-electron chi connectivity index (χ4n) is 12.0. The minimum atomic E-state index is -0.765. The number of anilines is 1. The number of rotatable bonds is 4. The molecule has 1 amide bonds. The van der Waals surface area contributed by atoms with E-state index in [4.69, 9.17) is 4.74 Å². The smallest absolute Gasteiger partial charge is 0.302 e. The number of nitrogens with one attached hydrogen (secondary N) is 1. The van der Waals surface area contributed by atoms with Gasteiger partial charge in [-0.25, -0.2) is 0 Å². The number of nitrogens with zero attached hydrogens (tertiary/aromatic N) is 1. The second kappa shape index (κ2) is 10.0. The van der Waals surface area contributed by atoms with Crippen molar-refractivity contribution in [1.82, 2.24) is 4.98 Å². The fraction of sp³-hybridized carbons (Fsp3) is 0.730. The number of allylic oxidation sites excluding steroid dienone is 1. The normalized spacial score (nSPS) is 41.6. The van der Waals surface area contributed by atoms with Crippen LogP contribution in [-0.4, -0.2) is 28.7 Å². The Morgan fingerprint density at radius 2 is 1.60 bits per heavy atom. The van der Waals surface area contributed by atoms with Gasteiger partial charge >= 0.3 is 5.97 Å². The van der Waals surface area contributed by atoms with Crippen LogP contribution in [-0.2, 0) is 19.1 Å². The summed E-state index contributed by atoms with van der Waals surface area (Å²) in [5.41, 5.74) is 2.27. The van der Waals surface area contributed by atoms with E-state index in [2.05, 4.69) is 58.8 Å². The highest BCUT2D eigenvalue weighted by atomic mass is 16.5. The van der Waals surface area contributed by atoms with Crippen LogP contribution in [0.25, 0.3) is 0 Å². The largest absolute Gasteiger partial charge is 0.462 e. The standard InChI is InChI=1S/C37H52N2O4/c1-22(2)30-26(41)21-37(32(42)39-24-13-19-38-20-14-24)18-17-35(7)25(31(30)37)9-10-28-34(6)15-12-29(43-23(3)40)33(4,5)27(34)11-16-36(28,35)8/h13-14,19-20,22,25,27-29H,9-12,15-18,21H2,1-8H3,(H,38,39,42)/t25-,27+,28-,29+,34+,35-,36-,37-/m1/s1. The highest BCUT2D eigenvalue weighted by Crippen LogP contribution is 2.76. The Balaban J connectivity index is 1.39. The SMILES string of the molecule is CC(=O)O[C@H]1CC[C@]2(C)[C@H]3CC[C@@H]4C5=C(C(C)C)C(=O)C[C@]5(C(=O)Nc5ccncc5)CC[C@@]4(C)[C@]3(C)CC[C@H]2C1(C)C. The molecule has 1 heterocycles. The zero-order chi connectivity index (χ0) is 31.2. The van der Waals surface area contributed by atoms with Gasteiger partial charge in [-0.15, -0.1) is 0 Å². The minimum Gasteiger partial charge on any atom is -0.462 e. The van der Waals surface area contributed by atoms with E-state index in [1.165, 1.54) is 12.5 Å². The van der Waals surface area contributed by atoms with E-state index in [9.17, 15) is 14.4 Å². The molecule has 4 saturated carbocycles. The Bertz CT molecular complexity index is 1370. The summed E-state index contributed by atoms with van der Waals surface area (Å²) in [5.74, 6) is 1.34. The molecular weight excluding hydrogens is 536 g/mol. The van der Waals surface area contributed by atoms with Crippen LogP contribution in [0.1, 0.15) is 113 Å². The molecule has 1 aromatic heterocycles.